The van der Waals surface area contributed by atoms with Gasteiger partial charge in [0.25, 0.3) is 0 Å². The van der Waals surface area contributed by atoms with Crippen molar-refractivity contribution in [2.24, 2.45) is 0 Å². The molecular weight excluding hydrogens is 453 g/mol. The molecule has 0 N–H and O–H groups in total. The molecule has 2 aromatic carbocycles. The highest BCUT2D eigenvalue weighted by Gasteiger charge is 2.45. The first-order chi connectivity index (χ1) is 15.4. The minimum absolute atomic E-state index is 0.00394. The highest BCUT2D eigenvalue weighted by atomic mass is 35.5. The van der Waals surface area contributed by atoms with Gasteiger partial charge in [0.05, 0.1) is 26.2 Å². The number of halogens is 2. The summed E-state index contributed by atoms with van der Waals surface area (Å²) in [6, 6.07) is 8.53. The van der Waals surface area contributed by atoms with Crippen LogP contribution in [0.25, 0.3) is 6.08 Å². The number of methoxy groups -OCH3 is 2. The van der Waals surface area contributed by atoms with Gasteiger partial charge in [0.1, 0.15) is 5.60 Å². The fraction of sp³-hybridized carbons (Fsp3) is 0.333. The molecule has 0 unspecified atom stereocenters. The number of hydrogen-bond donors (Lipinski definition) is 0. The number of piperidine rings is 1. The van der Waals surface area contributed by atoms with Crippen LogP contribution in [0.15, 0.2) is 36.4 Å². The summed E-state index contributed by atoms with van der Waals surface area (Å²) >= 11 is 12.1. The molecule has 2 heterocycles. The van der Waals surface area contributed by atoms with E-state index in [1.807, 2.05) is 0 Å². The van der Waals surface area contributed by atoms with E-state index in [1.165, 1.54) is 13.2 Å². The first-order valence-electron chi connectivity index (χ1n) is 10.2. The maximum absolute atomic E-state index is 12.9. The molecule has 32 heavy (non-hydrogen) atoms. The van der Waals surface area contributed by atoms with E-state index in [9.17, 15) is 9.59 Å². The molecule has 0 bridgehead atoms. The Kier molecular flexibility index (Phi) is 6.35. The molecule has 0 radical (unpaired) electrons. The zero-order chi connectivity index (χ0) is 22.9. The smallest absolute Gasteiger partial charge is 0.246 e. The number of hydrogen-bond acceptors (Lipinski definition) is 5. The predicted molar refractivity (Wildman–Crippen MR) is 123 cm³/mol. The predicted octanol–water partition coefficient (Wildman–Crippen LogP) is 5.05. The van der Waals surface area contributed by atoms with Crippen molar-refractivity contribution in [3.8, 4) is 17.2 Å². The third-order valence-electron chi connectivity index (χ3n) is 5.96. The summed E-state index contributed by atoms with van der Waals surface area (Å²) in [5.74, 6) is 1.23. The van der Waals surface area contributed by atoms with Crippen molar-refractivity contribution >= 4 is 41.0 Å². The molecule has 2 aliphatic heterocycles. The second-order valence-electron chi connectivity index (χ2n) is 7.89. The Hall–Kier alpha value is -2.70. The van der Waals surface area contributed by atoms with Gasteiger partial charge in [0, 0.05) is 42.1 Å². The number of likely N-dealkylation sites (tertiary alicyclic amines) is 1. The average Bonchev–Trinajstić information content (AvgIpc) is 2.78. The van der Waals surface area contributed by atoms with Gasteiger partial charge >= 0.3 is 0 Å². The molecule has 1 amide bonds. The molecule has 1 fully saturated rings. The van der Waals surface area contributed by atoms with Gasteiger partial charge in [-0.2, -0.15) is 0 Å². The molecule has 2 aromatic rings. The molecule has 1 spiro atoms. The molecular formula is C24H23Cl2NO5. The largest absolute Gasteiger partial charge is 0.493 e. The molecule has 4 rings (SSSR count). The van der Waals surface area contributed by atoms with Gasteiger partial charge in [-0.1, -0.05) is 29.3 Å². The molecule has 168 valence electrons. The second kappa shape index (κ2) is 9.04. The van der Waals surface area contributed by atoms with Gasteiger partial charge in [-0.25, -0.2) is 0 Å². The number of fused-ring (bicyclic) bond motifs is 1. The van der Waals surface area contributed by atoms with Crippen molar-refractivity contribution in [2.75, 3.05) is 27.3 Å². The normalized spacial score (nSPS) is 17.2. The van der Waals surface area contributed by atoms with Crippen LogP contribution in [0.3, 0.4) is 0 Å². The molecule has 6 nitrogen and oxygen atoms in total. The van der Waals surface area contributed by atoms with Gasteiger partial charge < -0.3 is 19.1 Å². The summed E-state index contributed by atoms with van der Waals surface area (Å²) in [5.41, 5.74) is 0.551. The maximum atomic E-state index is 12.9. The van der Waals surface area contributed by atoms with Crippen LogP contribution in [0.1, 0.15) is 35.2 Å². The van der Waals surface area contributed by atoms with Gasteiger partial charge in [-0.15, -0.1) is 0 Å². The molecule has 0 saturated carbocycles. The lowest BCUT2D eigenvalue weighted by atomic mass is 9.82. The Labute approximate surface area is 196 Å². The van der Waals surface area contributed by atoms with Gasteiger partial charge in [-0.05, 0) is 35.9 Å². The summed E-state index contributed by atoms with van der Waals surface area (Å²) < 4.78 is 17.2. The number of ketones is 1. The fourth-order valence-corrected chi connectivity index (χ4v) is 4.65. The lowest BCUT2D eigenvalue weighted by Crippen LogP contribution is -2.52. The standard InChI is InChI=1S/C24H23Cl2NO5/c1-30-20-7-6-17-19(28)14-24(32-22(17)23(20)31-2)9-11-27(12-10-24)21(29)8-4-15-3-5-16(25)13-18(15)26/h3-8,13H,9-12,14H2,1-2H3/b8-4+. The van der Waals surface area contributed by atoms with Crippen LogP contribution in [-0.4, -0.2) is 49.5 Å². The van der Waals surface area contributed by atoms with Crippen molar-refractivity contribution in [1.29, 1.82) is 0 Å². The van der Waals surface area contributed by atoms with E-state index in [0.29, 0.717) is 58.8 Å². The Morgan fingerprint density at radius 1 is 1.12 bits per heavy atom. The fourth-order valence-electron chi connectivity index (χ4n) is 4.18. The minimum atomic E-state index is -0.663. The van der Waals surface area contributed by atoms with E-state index in [4.69, 9.17) is 37.4 Å². The van der Waals surface area contributed by atoms with E-state index in [2.05, 4.69) is 0 Å². The minimum Gasteiger partial charge on any atom is -0.493 e. The SMILES string of the molecule is COc1ccc2c(c1OC)OC1(CCN(C(=O)/C=C/c3ccc(Cl)cc3Cl)CC1)CC2=O. The highest BCUT2D eigenvalue weighted by molar-refractivity contribution is 6.35. The van der Waals surface area contributed by atoms with E-state index in [-0.39, 0.29) is 18.1 Å². The summed E-state index contributed by atoms with van der Waals surface area (Å²) in [7, 11) is 3.06. The Morgan fingerprint density at radius 3 is 2.53 bits per heavy atom. The number of carbonyl (C=O) groups is 2. The van der Waals surface area contributed by atoms with E-state index in [1.54, 1.807) is 48.4 Å². The Bertz CT molecular complexity index is 1090. The van der Waals surface area contributed by atoms with Gasteiger partial charge in [-0.3, -0.25) is 9.59 Å². The van der Waals surface area contributed by atoms with E-state index < -0.39 is 5.60 Å². The maximum Gasteiger partial charge on any atom is 0.246 e. The number of Topliss-reactive ketones (excluding diaryl/α,β-unsaturated/α-hetero) is 1. The summed E-state index contributed by atoms with van der Waals surface area (Å²) in [4.78, 5) is 27.3. The van der Waals surface area contributed by atoms with Crippen molar-refractivity contribution in [1.82, 2.24) is 4.90 Å². The van der Waals surface area contributed by atoms with Crippen LogP contribution in [0, 0.1) is 0 Å². The number of ether oxygens (including phenoxy) is 3. The molecule has 0 aromatic heterocycles. The molecule has 0 atom stereocenters. The van der Waals surface area contributed by atoms with Crippen molar-refractivity contribution < 1.29 is 23.8 Å². The zero-order valence-electron chi connectivity index (χ0n) is 17.8. The van der Waals surface area contributed by atoms with E-state index >= 15 is 0 Å². The number of rotatable bonds is 4. The van der Waals surface area contributed by atoms with Gasteiger partial charge in [0.2, 0.25) is 11.7 Å². The number of nitrogens with zero attached hydrogens (tertiary/aromatic N) is 1. The van der Waals surface area contributed by atoms with Crippen molar-refractivity contribution in [3.05, 3.63) is 57.6 Å². The van der Waals surface area contributed by atoms with Gasteiger partial charge in [0.15, 0.2) is 17.3 Å². The first kappa shape index (κ1) is 22.5. The quantitative estimate of drug-likeness (QED) is 0.578. The Morgan fingerprint density at radius 2 is 1.88 bits per heavy atom. The summed E-state index contributed by atoms with van der Waals surface area (Å²) in [6.45, 7) is 0.957. The monoisotopic (exact) mass is 475 g/mol. The van der Waals surface area contributed by atoms with Crippen LogP contribution in [0.4, 0.5) is 0 Å². The summed E-state index contributed by atoms with van der Waals surface area (Å²) in [5, 5.41) is 1.02. The van der Waals surface area contributed by atoms with E-state index in [0.717, 1.165) is 5.56 Å². The van der Waals surface area contributed by atoms with Crippen molar-refractivity contribution in [2.45, 2.75) is 24.9 Å². The third-order valence-corrected chi connectivity index (χ3v) is 6.52. The highest BCUT2D eigenvalue weighted by Crippen LogP contribution is 2.47. The number of amides is 1. The lowest BCUT2D eigenvalue weighted by Gasteiger charge is -2.44. The summed E-state index contributed by atoms with van der Waals surface area (Å²) in [6.07, 6.45) is 4.54. The third kappa shape index (κ3) is 4.30. The number of carbonyl (C=O) groups excluding carboxylic acids is 2. The Balaban J connectivity index is 1.47. The second-order valence-corrected chi connectivity index (χ2v) is 8.73. The first-order valence-corrected chi connectivity index (χ1v) is 11.0. The van der Waals surface area contributed by atoms with Crippen LogP contribution >= 0.6 is 23.2 Å². The van der Waals surface area contributed by atoms with Crippen LogP contribution in [0.2, 0.25) is 10.0 Å². The average molecular weight is 476 g/mol. The molecule has 8 heteroatoms. The topological polar surface area (TPSA) is 65.1 Å². The zero-order valence-corrected chi connectivity index (χ0v) is 19.3. The molecule has 1 saturated heterocycles. The van der Waals surface area contributed by atoms with Crippen LogP contribution in [-0.2, 0) is 4.79 Å². The number of benzene rings is 2. The van der Waals surface area contributed by atoms with Crippen LogP contribution in [0.5, 0.6) is 17.2 Å². The molecule has 0 aliphatic carbocycles. The van der Waals surface area contributed by atoms with Crippen molar-refractivity contribution in [3.63, 3.8) is 0 Å². The van der Waals surface area contributed by atoms with Crippen LogP contribution < -0.4 is 14.2 Å². The lowest BCUT2D eigenvalue weighted by molar-refractivity contribution is -0.129. The molecule has 2 aliphatic rings.